The molecular weight excluding hydrogens is 244 g/mol. The van der Waals surface area contributed by atoms with Crippen LogP contribution in [0.1, 0.15) is 30.9 Å². The first-order valence-electron chi connectivity index (χ1n) is 6.33. The highest BCUT2D eigenvalue weighted by atomic mass is 32.2. The predicted octanol–water partition coefficient (Wildman–Crippen LogP) is 2.34. The van der Waals surface area contributed by atoms with Crippen LogP contribution < -0.4 is 11.1 Å². The maximum Gasteiger partial charge on any atom is 0.241 e. The summed E-state index contributed by atoms with van der Waals surface area (Å²) >= 11 is 1.86. The largest absolute Gasteiger partial charge is 0.354 e. The smallest absolute Gasteiger partial charge is 0.241 e. The van der Waals surface area contributed by atoms with Crippen molar-refractivity contribution in [1.29, 1.82) is 0 Å². The van der Waals surface area contributed by atoms with Crippen LogP contribution in [0.15, 0.2) is 30.3 Å². The summed E-state index contributed by atoms with van der Waals surface area (Å²) in [5.74, 6) is 1.10. The predicted molar refractivity (Wildman–Crippen MR) is 78.6 cm³/mol. The van der Waals surface area contributed by atoms with Crippen LogP contribution in [-0.4, -0.2) is 24.5 Å². The first-order valence-corrected chi connectivity index (χ1v) is 7.72. The van der Waals surface area contributed by atoms with Gasteiger partial charge in [0.25, 0.3) is 0 Å². The molecule has 0 aliphatic carbocycles. The summed E-state index contributed by atoms with van der Waals surface area (Å²) in [4.78, 5) is 11.8. The summed E-state index contributed by atoms with van der Waals surface area (Å²) in [6.07, 6.45) is 5.50. The van der Waals surface area contributed by atoms with E-state index in [4.69, 9.17) is 5.73 Å². The van der Waals surface area contributed by atoms with Crippen LogP contribution in [0.25, 0.3) is 0 Å². The highest BCUT2D eigenvalue weighted by Gasteiger charge is 2.14. The van der Waals surface area contributed by atoms with Crippen molar-refractivity contribution < 1.29 is 4.79 Å². The summed E-state index contributed by atoms with van der Waals surface area (Å²) < 4.78 is 0. The number of amides is 1. The summed E-state index contributed by atoms with van der Waals surface area (Å²) in [5.41, 5.74) is 6.74. The van der Waals surface area contributed by atoms with E-state index in [1.807, 2.05) is 42.1 Å². The average Bonchev–Trinajstić information content (AvgIpc) is 2.42. The zero-order valence-electron chi connectivity index (χ0n) is 10.9. The Morgan fingerprint density at radius 1 is 1.28 bits per heavy atom. The molecule has 1 aromatic rings. The second-order valence-electron chi connectivity index (χ2n) is 4.23. The van der Waals surface area contributed by atoms with Gasteiger partial charge in [0, 0.05) is 6.54 Å². The lowest BCUT2D eigenvalue weighted by molar-refractivity contribution is -0.122. The Kier molecular flexibility index (Phi) is 7.53. The molecule has 1 atom stereocenters. The van der Waals surface area contributed by atoms with Crippen molar-refractivity contribution in [2.24, 2.45) is 5.73 Å². The molecule has 0 unspecified atom stereocenters. The Bertz CT molecular complexity index is 343. The van der Waals surface area contributed by atoms with Crippen molar-refractivity contribution in [2.45, 2.75) is 25.3 Å². The molecular formula is C14H22N2OS. The summed E-state index contributed by atoms with van der Waals surface area (Å²) in [7, 11) is 0. The van der Waals surface area contributed by atoms with Crippen molar-refractivity contribution in [3.05, 3.63) is 35.9 Å². The quantitative estimate of drug-likeness (QED) is 0.710. The summed E-state index contributed by atoms with van der Waals surface area (Å²) in [6, 6.07) is 8.90. The van der Waals surface area contributed by atoms with E-state index in [9.17, 15) is 4.79 Å². The molecule has 3 N–H and O–H groups in total. The average molecular weight is 266 g/mol. The fourth-order valence-electron chi connectivity index (χ4n) is 1.68. The van der Waals surface area contributed by atoms with E-state index in [0.717, 1.165) is 18.4 Å². The lowest BCUT2D eigenvalue weighted by atomic mass is 10.1. The van der Waals surface area contributed by atoms with E-state index in [2.05, 4.69) is 11.6 Å². The Morgan fingerprint density at radius 3 is 2.67 bits per heavy atom. The van der Waals surface area contributed by atoms with Gasteiger partial charge in [0.05, 0.1) is 0 Å². The zero-order valence-corrected chi connectivity index (χ0v) is 11.7. The van der Waals surface area contributed by atoms with Gasteiger partial charge in [0.1, 0.15) is 6.04 Å². The Balaban J connectivity index is 2.20. The molecule has 0 fully saturated rings. The van der Waals surface area contributed by atoms with E-state index < -0.39 is 6.04 Å². The third-order valence-corrected chi connectivity index (χ3v) is 3.46. The van der Waals surface area contributed by atoms with E-state index in [1.165, 1.54) is 12.2 Å². The first kappa shape index (κ1) is 15.1. The molecule has 100 valence electrons. The van der Waals surface area contributed by atoms with Gasteiger partial charge >= 0.3 is 0 Å². The van der Waals surface area contributed by atoms with Crippen molar-refractivity contribution in [3.8, 4) is 0 Å². The number of nitrogens with one attached hydrogen (secondary N) is 1. The van der Waals surface area contributed by atoms with Crippen LogP contribution in [-0.2, 0) is 4.79 Å². The highest BCUT2D eigenvalue weighted by Crippen LogP contribution is 2.09. The number of nitrogens with two attached hydrogens (primary N) is 1. The van der Waals surface area contributed by atoms with E-state index in [-0.39, 0.29) is 5.91 Å². The maximum atomic E-state index is 11.8. The van der Waals surface area contributed by atoms with E-state index in [1.54, 1.807) is 0 Å². The van der Waals surface area contributed by atoms with Gasteiger partial charge in [-0.15, -0.1) is 0 Å². The molecule has 0 aromatic heterocycles. The third kappa shape index (κ3) is 5.56. The van der Waals surface area contributed by atoms with Gasteiger partial charge in [-0.05, 0) is 30.4 Å². The van der Waals surface area contributed by atoms with Gasteiger partial charge < -0.3 is 11.1 Å². The monoisotopic (exact) mass is 266 g/mol. The zero-order chi connectivity index (χ0) is 13.2. The van der Waals surface area contributed by atoms with Crippen molar-refractivity contribution in [1.82, 2.24) is 5.32 Å². The SMILES string of the molecule is CSCCCCCNC(=O)[C@@H](N)c1ccccc1. The molecule has 1 rings (SSSR count). The number of carbonyl (C=O) groups excluding carboxylic acids is 1. The van der Waals surface area contributed by atoms with Gasteiger partial charge in [-0.25, -0.2) is 0 Å². The van der Waals surface area contributed by atoms with Crippen LogP contribution in [0.5, 0.6) is 0 Å². The van der Waals surface area contributed by atoms with Crippen molar-refractivity contribution in [2.75, 3.05) is 18.6 Å². The number of unbranched alkanes of at least 4 members (excludes halogenated alkanes) is 2. The van der Waals surface area contributed by atoms with Crippen LogP contribution in [0, 0.1) is 0 Å². The first-order chi connectivity index (χ1) is 8.75. The van der Waals surface area contributed by atoms with Crippen LogP contribution in [0.4, 0.5) is 0 Å². The number of thioether (sulfide) groups is 1. The molecule has 0 saturated carbocycles. The van der Waals surface area contributed by atoms with Gasteiger partial charge in [-0.1, -0.05) is 36.8 Å². The molecule has 3 nitrogen and oxygen atoms in total. The third-order valence-electron chi connectivity index (χ3n) is 2.77. The minimum absolute atomic E-state index is 0.0916. The van der Waals surface area contributed by atoms with Crippen LogP contribution in [0.2, 0.25) is 0 Å². The second kappa shape index (κ2) is 9.00. The lowest BCUT2D eigenvalue weighted by Crippen LogP contribution is -2.34. The Labute approximate surface area is 114 Å². The van der Waals surface area contributed by atoms with Crippen LogP contribution in [0.3, 0.4) is 0 Å². The molecule has 18 heavy (non-hydrogen) atoms. The fraction of sp³-hybridized carbons (Fsp3) is 0.500. The Morgan fingerprint density at radius 2 is 2.00 bits per heavy atom. The minimum Gasteiger partial charge on any atom is -0.354 e. The van der Waals surface area contributed by atoms with E-state index >= 15 is 0 Å². The van der Waals surface area contributed by atoms with Gasteiger partial charge in [0.15, 0.2) is 0 Å². The number of hydrogen-bond donors (Lipinski definition) is 2. The molecule has 0 radical (unpaired) electrons. The molecule has 0 aliphatic rings. The van der Waals surface area contributed by atoms with Gasteiger partial charge in [0.2, 0.25) is 5.91 Å². The van der Waals surface area contributed by atoms with Crippen LogP contribution >= 0.6 is 11.8 Å². The highest BCUT2D eigenvalue weighted by molar-refractivity contribution is 7.98. The van der Waals surface area contributed by atoms with E-state index in [0.29, 0.717) is 6.54 Å². The van der Waals surface area contributed by atoms with Gasteiger partial charge in [-0.2, -0.15) is 11.8 Å². The minimum atomic E-state index is -0.558. The Hall–Kier alpha value is -1.00. The molecule has 1 amide bonds. The molecule has 4 heteroatoms. The van der Waals surface area contributed by atoms with Gasteiger partial charge in [-0.3, -0.25) is 4.79 Å². The molecule has 1 aromatic carbocycles. The summed E-state index contributed by atoms with van der Waals surface area (Å²) in [6.45, 7) is 0.716. The standard InChI is InChI=1S/C14H22N2OS/c1-18-11-7-3-6-10-16-14(17)13(15)12-8-4-2-5-9-12/h2,4-5,8-9,13H,3,6-7,10-11,15H2,1H3,(H,16,17)/t13-/m0/s1. The van der Waals surface area contributed by atoms with Crippen molar-refractivity contribution in [3.63, 3.8) is 0 Å². The topological polar surface area (TPSA) is 55.1 Å². The fourth-order valence-corrected chi connectivity index (χ4v) is 2.17. The maximum absolute atomic E-state index is 11.8. The number of carbonyl (C=O) groups is 1. The molecule has 0 spiro atoms. The molecule has 0 heterocycles. The number of hydrogen-bond acceptors (Lipinski definition) is 3. The molecule has 0 saturated heterocycles. The molecule has 0 bridgehead atoms. The normalized spacial score (nSPS) is 12.1. The second-order valence-corrected chi connectivity index (χ2v) is 5.22. The number of benzene rings is 1. The lowest BCUT2D eigenvalue weighted by Gasteiger charge is -2.12. The van der Waals surface area contributed by atoms with Crippen molar-refractivity contribution >= 4 is 17.7 Å². The number of rotatable bonds is 8. The summed E-state index contributed by atoms with van der Waals surface area (Å²) in [5, 5.41) is 2.89. The molecule has 0 aliphatic heterocycles.